The molecule has 2 rings (SSSR count). The number of anilines is 2. The smallest absolute Gasteiger partial charge is 0.326 e. The molecule has 0 spiro atoms. The lowest BCUT2D eigenvalue weighted by atomic mass is 10.2. The van der Waals surface area contributed by atoms with Crippen LogP contribution in [-0.4, -0.2) is 52.8 Å². The predicted molar refractivity (Wildman–Crippen MR) is 82.4 cm³/mol. The third-order valence-electron chi connectivity index (χ3n) is 3.89. The molecule has 7 heteroatoms. The molecule has 2 heterocycles. The third kappa shape index (κ3) is 3.87. The van der Waals surface area contributed by atoms with Gasteiger partial charge in [-0.25, -0.2) is 9.78 Å². The molecular formula is C15H21N3O4. The summed E-state index contributed by atoms with van der Waals surface area (Å²) in [5, 5.41) is 18.0. The van der Waals surface area contributed by atoms with Gasteiger partial charge >= 0.3 is 11.9 Å². The zero-order chi connectivity index (χ0) is 16.1. The van der Waals surface area contributed by atoms with Gasteiger partial charge < -0.3 is 20.0 Å². The van der Waals surface area contributed by atoms with Crippen molar-refractivity contribution in [2.24, 2.45) is 0 Å². The van der Waals surface area contributed by atoms with E-state index in [1.54, 1.807) is 18.0 Å². The summed E-state index contributed by atoms with van der Waals surface area (Å²) in [4.78, 5) is 30.1. The van der Waals surface area contributed by atoms with Gasteiger partial charge in [0.1, 0.15) is 11.9 Å². The Labute approximate surface area is 129 Å². The number of rotatable bonds is 7. The molecule has 0 bridgehead atoms. The Kier molecular flexibility index (Phi) is 5.19. The zero-order valence-corrected chi connectivity index (χ0v) is 12.6. The maximum atomic E-state index is 11.2. The maximum Gasteiger partial charge on any atom is 0.326 e. The molecule has 0 amide bonds. The van der Waals surface area contributed by atoms with Crippen LogP contribution in [0.3, 0.4) is 0 Å². The number of aromatic nitrogens is 1. The van der Waals surface area contributed by atoms with Crippen LogP contribution in [0.4, 0.5) is 11.5 Å². The van der Waals surface area contributed by atoms with Crippen molar-refractivity contribution in [1.29, 1.82) is 0 Å². The van der Waals surface area contributed by atoms with E-state index in [9.17, 15) is 14.7 Å². The average molecular weight is 307 g/mol. The zero-order valence-electron chi connectivity index (χ0n) is 12.6. The van der Waals surface area contributed by atoms with Crippen molar-refractivity contribution in [3.8, 4) is 0 Å². The van der Waals surface area contributed by atoms with E-state index in [-0.39, 0.29) is 13.0 Å². The monoisotopic (exact) mass is 307 g/mol. The van der Waals surface area contributed by atoms with E-state index in [0.29, 0.717) is 5.69 Å². The van der Waals surface area contributed by atoms with Crippen molar-refractivity contribution >= 4 is 23.4 Å². The summed E-state index contributed by atoms with van der Waals surface area (Å²) in [5.74, 6) is -1.07. The summed E-state index contributed by atoms with van der Waals surface area (Å²) in [7, 11) is 0. The van der Waals surface area contributed by atoms with Crippen molar-refractivity contribution in [2.45, 2.75) is 32.2 Å². The van der Waals surface area contributed by atoms with Crippen LogP contribution in [-0.2, 0) is 9.59 Å². The van der Waals surface area contributed by atoms with E-state index in [1.807, 2.05) is 12.1 Å². The van der Waals surface area contributed by atoms with Gasteiger partial charge in [-0.15, -0.1) is 0 Å². The van der Waals surface area contributed by atoms with Crippen LogP contribution < -0.4 is 9.80 Å². The van der Waals surface area contributed by atoms with Gasteiger partial charge in [0.15, 0.2) is 0 Å². The molecule has 0 radical (unpaired) electrons. The highest BCUT2D eigenvalue weighted by Gasteiger charge is 2.22. The van der Waals surface area contributed by atoms with E-state index in [4.69, 9.17) is 5.11 Å². The summed E-state index contributed by atoms with van der Waals surface area (Å²) in [5.41, 5.74) is 0.624. The Balaban J connectivity index is 2.15. The van der Waals surface area contributed by atoms with Gasteiger partial charge in [-0.2, -0.15) is 0 Å². The van der Waals surface area contributed by atoms with Crippen LogP contribution in [0.2, 0.25) is 0 Å². The summed E-state index contributed by atoms with van der Waals surface area (Å²) in [6.45, 7) is 3.65. The SMILES string of the molecule is CC(C(=O)O)N(CCC(=O)O)c1ccc(N2CCCC2)nc1. The normalized spacial score (nSPS) is 15.6. The van der Waals surface area contributed by atoms with Crippen molar-refractivity contribution < 1.29 is 19.8 Å². The first-order chi connectivity index (χ1) is 10.5. The highest BCUT2D eigenvalue weighted by molar-refractivity contribution is 5.78. The fourth-order valence-electron chi connectivity index (χ4n) is 2.58. The number of carbonyl (C=O) groups is 2. The molecule has 22 heavy (non-hydrogen) atoms. The molecule has 1 saturated heterocycles. The van der Waals surface area contributed by atoms with Gasteiger partial charge in [-0.1, -0.05) is 0 Å². The van der Waals surface area contributed by atoms with Gasteiger partial charge in [0.2, 0.25) is 0 Å². The fraction of sp³-hybridized carbons (Fsp3) is 0.533. The number of nitrogens with zero attached hydrogens (tertiary/aromatic N) is 3. The van der Waals surface area contributed by atoms with E-state index < -0.39 is 18.0 Å². The first-order valence-corrected chi connectivity index (χ1v) is 7.41. The van der Waals surface area contributed by atoms with Crippen molar-refractivity contribution in [3.63, 3.8) is 0 Å². The molecular weight excluding hydrogens is 286 g/mol. The van der Waals surface area contributed by atoms with Crippen molar-refractivity contribution in [3.05, 3.63) is 18.3 Å². The minimum Gasteiger partial charge on any atom is -0.481 e. The Morgan fingerprint density at radius 1 is 1.32 bits per heavy atom. The van der Waals surface area contributed by atoms with Crippen LogP contribution in [0.25, 0.3) is 0 Å². The molecule has 1 aliphatic heterocycles. The Hall–Kier alpha value is -2.31. The second-order valence-electron chi connectivity index (χ2n) is 5.42. The molecule has 1 aromatic rings. The number of carboxylic acid groups (broad SMARTS) is 2. The quantitative estimate of drug-likeness (QED) is 0.787. The summed E-state index contributed by atoms with van der Waals surface area (Å²) in [6.07, 6.45) is 3.81. The highest BCUT2D eigenvalue weighted by atomic mass is 16.4. The van der Waals surface area contributed by atoms with Gasteiger partial charge in [0.05, 0.1) is 18.3 Å². The molecule has 1 aromatic heterocycles. The number of hydrogen-bond donors (Lipinski definition) is 2. The average Bonchev–Trinajstić information content (AvgIpc) is 3.01. The molecule has 0 aromatic carbocycles. The van der Waals surface area contributed by atoms with Gasteiger partial charge in [0, 0.05) is 19.6 Å². The van der Waals surface area contributed by atoms with E-state index in [1.165, 1.54) is 0 Å². The lowest BCUT2D eigenvalue weighted by molar-refractivity contribution is -0.139. The van der Waals surface area contributed by atoms with Crippen LogP contribution >= 0.6 is 0 Å². The van der Waals surface area contributed by atoms with Crippen LogP contribution in [0, 0.1) is 0 Å². The van der Waals surface area contributed by atoms with E-state index in [2.05, 4.69) is 9.88 Å². The van der Waals surface area contributed by atoms with Crippen molar-refractivity contribution in [2.75, 3.05) is 29.4 Å². The molecule has 1 fully saturated rings. The standard InChI is InChI=1S/C15H21N3O4/c1-11(15(21)22)18(9-6-14(19)20)12-4-5-13(16-10-12)17-7-2-3-8-17/h4-5,10-11H,2-3,6-9H2,1H3,(H,19,20)(H,21,22). The van der Waals surface area contributed by atoms with Gasteiger partial charge in [-0.3, -0.25) is 4.79 Å². The molecule has 1 atom stereocenters. The topological polar surface area (TPSA) is 94.0 Å². The van der Waals surface area contributed by atoms with E-state index >= 15 is 0 Å². The summed E-state index contributed by atoms with van der Waals surface area (Å²) in [6, 6.07) is 2.86. The number of aliphatic carboxylic acids is 2. The highest BCUT2D eigenvalue weighted by Crippen LogP contribution is 2.22. The molecule has 1 unspecified atom stereocenters. The molecule has 120 valence electrons. The Morgan fingerprint density at radius 2 is 2.00 bits per heavy atom. The number of carboxylic acids is 2. The Morgan fingerprint density at radius 3 is 2.50 bits per heavy atom. The van der Waals surface area contributed by atoms with Crippen molar-refractivity contribution in [1.82, 2.24) is 4.98 Å². The van der Waals surface area contributed by atoms with Gasteiger partial charge in [-0.05, 0) is 31.9 Å². The van der Waals surface area contributed by atoms with Crippen LogP contribution in [0.1, 0.15) is 26.2 Å². The van der Waals surface area contributed by atoms with Crippen LogP contribution in [0.5, 0.6) is 0 Å². The molecule has 0 aliphatic carbocycles. The van der Waals surface area contributed by atoms with E-state index in [0.717, 1.165) is 31.7 Å². The molecule has 7 nitrogen and oxygen atoms in total. The summed E-state index contributed by atoms with van der Waals surface area (Å²) >= 11 is 0. The molecule has 2 N–H and O–H groups in total. The Bertz CT molecular complexity index is 526. The molecule has 1 aliphatic rings. The largest absolute Gasteiger partial charge is 0.481 e. The lowest BCUT2D eigenvalue weighted by Crippen LogP contribution is -2.40. The predicted octanol–water partition coefficient (Wildman–Crippen LogP) is 1.44. The first-order valence-electron chi connectivity index (χ1n) is 7.41. The van der Waals surface area contributed by atoms with Crippen LogP contribution in [0.15, 0.2) is 18.3 Å². The second kappa shape index (κ2) is 7.11. The second-order valence-corrected chi connectivity index (χ2v) is 5.42. The number of pyridine rings is 1. The minimum atomic E-state index is -0.992. The minimum absolute atomic E-state index is 0.120. The van der Waals surface area contributed by atoms with Gasteiger partial charge in [0.25, 0.3) is 0 Å². The first kappa shape index (κ1) is 16.1. The summed E-state index contributed by atoms with van der Waals surface area (Å²) < 4.78 is 0. The third-order valence-corrected chi connectivity index (χ3v) is 3.89. The maximum absolute atomic E-state index is 11.2. The molecule has 0 saturated carbocycles. The lowest BCUT2D eigenvalue weighted by Gasteiger charge is -2.28. The fourth-order valence-corrected chi connectivity index (χ4v) is 2.58. The number of hydrogen-bond acceptors (Lipinski definition) is 5.